The van der Waals surface area contributed by atoms with Crippen LogP contribution in [0.4, 0.5) is 0 Å². The third kappa shape index (κ3) is 4.62. The second-order valence-electron chi connectivity index (χ2n) is 8.83. The Balaban J connectivity index is 1.54. The van der Waals surface area contributed by atoms with E-state index < -0.39 is 0 Å². The van der Waals surface area contributed by atoms with Crippen LogP contribution in [0, 0.1) is 0 Å². The highest BCUT2D eigenvalue weighted by atomic mass is 32.1. The first-order valence-electron chi connectivity index (χ1n) is 12.2. The molecule has 1 atom stereocenters. The first-order valence-corrected chi connectivity index (χ1v) is 12.6. The lowest BCUT2D eigenvalue weighted by atomic mass is 9.93. The van der Waals surface area contributed by atoms with Gasteiger partial charge in [0.1, 0.15) is 0 Å². The monoisotopic (exact) mass is 490 g/mol. The Hall–Kier alpha value is -3.39. The molecule has 8 heteroatoms. The zero-order valence-corrected chi connectivity index (χ0v) is 21.2. The van der Waals surface area contributed by atoms with Crippen LogP contribution < -0.4 is 14.8 Å². The van der Waals surface area contributed by atoms with E-state index >= 15 is 0 Å². The summed E-state index contributed by atoms with van der Waals surface area (Å²) in [6.07, 6.45) is 4.36. The minimum absolute atomic E-state index is 0.180. The van der Waals surface area contributed by atoms with Crippen LogP contribution in [0.2, 0.25) is 0 Å². The minimum Gasteiger partial charge on any atom is -0.454 e. The summed E-state index contributed by atoms with van der Waals surface area (Å²) in [5, 5.41) is 8.57. The molecule has 0 amide bonds. The molecule has 7 nitrogen and oxygen atoms in total. The summed E-state index contributed by atoms with van der Waals surface area (Å²) in [5.74, 6) is 2.39. The average molecular weight is 491 g/mol. The molecule has 2 aliphatic heterocycles. The van der Waals surface area contributed by atoms with E-state index in [0.29, 0.717) is 17.5 Å². The molecule has 0 fully saturated rings. The van der Waals surface area contributed by atoms with E-state index in [4.69, 9.17) is 31.2 Å². The number of allylic oxidation sites excluding steroid dienone is 1. The fourth-order valence-corrected chi connectivity index (χ4v) is 4.88. The highest BCUT2D eigenvalue weighted by Gasteiger charge is 2.34. The summed E-state index contributed by atoms with van der Waals surface area (Å²) in [5.41, 5.74) is 5.19. The van der Waals surface area contributed by atoms with E-state index in [1.165, 1.54) is 5.56 Å². The molecule has 182 valence electrons. The number of benzene rings is 2. The maximum absolute atomic E-state index is 5.85. The standard InChI is InChI=1S/C27H30N4O3S/c1-4-6-7-14-31-17(3)23(24(28-27(31)35)19-10-8-18(5-2)9-11-19)26-29-25(30-34-26)20-12-13-21-22(15-20)33-16-32-21/h8-13,15,24H,4-7,14,16H2,1-3H3,(H,28,35). The molecule has 1 aromatic heterocycles. The molecule has 0 radical (unpaired) electrons. The lowest BCUT2D eigenvalue weighted by molar-refractivity contribution is 0.174. The molecule has 1 N–H and O–H groups in total. The molecule has 0 aliphatic carbocycles. The summed E-state index contributed by atoms with van der Waals surface area (Å²) < 4.78 is 16.8. The van der Waals surface area contributed by atoms with Crippen molar-refractivity contribution in [1.29, 1.82) is 0 Å². The van der Waals surface area contributed by atoms with Gasteiger partial charge in [0.25, 0.3) is 5.89 Å². The van der Waals surface area contributed by atoms with Crippen molar-refractivity contribution in [3.8, 4) is 22.9 Å². The highest BCUT2D eigenvalue weighted by Crippen LogP contribution is 2.39. The van der Waals surface area contributed by atoms with Crippen molar-refractivity contribution >= 4 is 22.9 Å². The van der Waals surface area contributed by atoms with Crippen molar-refractivity contribution in [2.24, 2.45) is 0 Å². The van der Waals surface area contributed by atoms with Gasteiger partial charge in [0.05, 0.1) is 11.6 Å². The van der Waals surface area contributed by atoms with Crippen molar-refractivity contribution < 1.29 is 14.0 Å². The number of fused-ring (bicyclic) bond motifs is 1. The van der Waals surface area contributed by atoms with Gasteiger partial charge in [-0.15, -0.1) is 0 Å². The molecule has 2 aromatic carbocycles. The van der Waals surface area contributed by atoms with Crippen LogP contribution in [0.3, 0.4) is 0 Å². The fourth-order valence-electron chi connectivity index (χ4n) is 4.53. The van der Waals surface area contributed by atoms with Gasteiger partial charge < -0.3 is 24.2 Å². The SMILES string of the molecule is CCCCCN1C(=S)NC(c2ccc(CC)cc2)C(c2nc(-c3ccc4c(c3)OCO4)no2)=C1C. The zero-order valence-electron chi connectivity index (χ0n) is 20.3. The predicted molar refractivity (Wildman–Crippen MR) is 139 cm³/mol. The Labute approximate surface area is 211 Å². The molecule has 1 unspecified atom stereocenters. The van der Waals surface area contributed by atoms with Crippen molar-refractivity contribution in [2.75, 3.05) is 13.3 Å². The molecule has 0 saturated carbocycles. The second kappa shape index (κ2) is 10.1. The molecular formula is C27H30N4O3S. The van der Waals surface area contributed by atoms with Gasteiger partial charge in [-0.2, -0.15) is 4.98 Å². The lowest BCUT2D eigenvalue weighted by Crippen LogP contribution is -2.46. The second-order valence-corrected chi connectivity index (χ2v) is 9.21. The summed E-state index contributed by atoms with van der Waals surface area (Å²) >= 11 is 5.80. The number of thiocarbonyl (C=S) groups is 1. The molecule has 5 rings (SSSR count). The summed E-state index contributed by atoms with van der Waals surface area (Å²) in [4.78, 5) is 6.96. The highest BCUT2D eigenvalue weighted by molar-refractivity contribution is 7.80. The van der Waals surface area contributed by atoms with Crippen molar-refractivity contribution in [2.45, 2.75) is 52.5 Å². The zero-order chi connectivity index (χ0) is 24.4. The Morgan fingerprint density at radius 1 is 1.06 bits per heavy atom. The number of nitrogens with one attached hydrogen (secondary N) is 1. The predicted octanol–water partition coefficient (Wildman–Crippen LogP) is 5.88. The van der Waals surface area contributed by atoms with Crippen LogP contribution in [-0.4, -0.2) is 33.5 Å². The van der Waals surface area contributed by atoms with Crippen LogP contribution in [0.1, 0.15) is 63.1 Å². The largest absolute Gasteiger partial charge is 0.454 e. The van der Waals surface area contributed by atoms with E-state index in [0.717, 1.165) is 65.5 Å². The molecule has 3 aromatic rings. The maximum atomic E-state index is 5.85. The molecule has 2 aliphatic rings. The first-order chi connectivity index (χ1) is 17.1. The van der Waals surface area contributed by atoms with Crippen LogP contribution >= 0.6 is 12.2 Å². The van der Waals surface area contributed by atoms with E-state index in [2.05, 4.69) is 60.4 Å². The van der Waals surface area contributed by atoms with Gasteiger partial charge in [-0.3, -0.25) is 0 Å². The number of aryl methyl sites for hydroxylation is 1. The first kappa shape index (κ1) is 23.4. The molecule has 0 bridgehead atoms. The topological polar surface area (TPSA) is 72.7 Å². The van der Waals surface area contributed by atoms with Gasteiger partial charge in [0.15, 0.2) is 16.6 Å². The Morgan fingerprint density at radius 3 is 2.63 bits per heavy atom. The number of unbranched alkanes of at least 4 members (excludes halogenated alkanes) is 2. The van der Waals surface area contributed by atoms with Gasteiger partial charge in [-0.25, -0.2) is 0 Å². The van der Waals surface area contributed by atoms with Crippen molar-refractivity contribution in [3.05, 3.63) is 65.2 Å². The van der Waals surface area contributed by atoms with E-state index in [9.17, 15) is 0 Å². The molecule has 0 spiro atoms. The van der Waals surface area contributed by atoms with Gasteiger partial charge in [-0.05, 0) is 61.3 Å². The van der Waals surface area contributed by atoms with Crippen LogP contribution in [0.15, 0.2) is 52.7 Å². The molecule has 0 saturated heterocycles. The minimum atomic E-state index is -0.180. The Morgan fingerprint density at radius 2 is 1.86 bits per heavy atom. The molecular weight excluding hydrogens is 460 g/mol. The normalized spacial score (nSPS) is 17.2. The number of hydrogen-bond acceptors (Lipinski definition) is 6. The number of hydrogen-bond donors (Lipinski definition) is 1. The quantitative estimate of drug-likeness (QED) is 0.310. The molecule has 3 heterocycles. The van der Waals surface area contributed by atoms with Gasteiger partial charge in [0.2, 0.25) is 12.6 Å². The fraction of sp³-hybridized carbons (Fsp3) is 0.370. The Kier molecular flexibility index (Phi) is 6.72. The maximum Gasteiger partial charge on any atom is 0.258 e. The Bertz CT molecular complexity index is 1250. The van der Waals surface area contributed by atoms with E-state index in [1.807, 2.05) is 18.2 Å². The smallest absolute Gasteiger partial charge is 0.258 e. The third-order valence-electron chi connectivity index (χ3n) is 6.59. The summed E-state index contributed by atoms with van der Waals surface area (Å²) in [6.45, 7) is 7.52. The van der Waals surface area contributed by atoms with Crippen LogP contribution in [-0.2, 0) is 6.42 Å². The van der Waals surface area contributed by atoms with E-state index in [1.54, 1.807) is 0 Å². The van der Waals surface area contributed by atoms with Gasteiger partial charge in [-0.1, -0.05) is 56.1 Å². The van der Waals surface area contributed by atoms with Gasteiger partial charge >= 0.3 is 0 Å². The number of ether oxygens (including phenoxy) is 2. The van der Waals surface area contributed by atoms with E-state index in [-0.39, 0.29) is 12.8 Å². The third-order valence-corrected chi connectivity index (χ3v) is 6.93. The van der Waals surface area contributed by atoms with Crippen LogP contribution in [0.5, 0.6) is 11.5 Å². The summed E-state index contributed by atoms with van der Waals surface area (Å²) in [7, 11) is 0. The number of rotatable bonds is 8. The van der Waals surface area contributed by atoms with Crippen molar-refractivity contribution in [1.82, 2.24) is 20.4 Å². The average Bonchev–Trinajstić information content (AvgIpc) is 3.55. The number of nitrogens with zero attached hydrogens (tertiary/aromatic N) is 3. The lowest BCUT2D eigenvalue weighted by Gasteiger charge is -2.37. The number of aromatic nitrogens is 2. The summed E-state index contributed by atoms with van der Waals surface area (Å²) in [6, 6.07) is 14.1. The van der Waals surface area contributed by atoms with Gasteiger partial charge in [0, 0.05) is 17.8 Å². The molecule has 35 heavy (non-hydrogen) atoms. The van der Waals surface area contributed by atoms with Crippen LogP contribution in [0.25, 0.3) is 17.0 Å². The van der Waals surface area contributed by atoms with Crippen molar-refractivity contribution in [3.63, 3.8) is 0 Å².